The lowest BCUT2D eigenvalue weighted by atomic mass is 9.73. The molecule has 246 valence electrons. The Labute approximate surface area is 264 Å². The molecule has 1 heterocycles. The Kier molecular flexibility index (Phi) is 13.5. The molecule has 1 aliphatic heterocycles. The molecule has 2 fully saturated rings. The number of unbranched alkanes of at least 4 members (excludes halogenated alkanes) is 1. The van der Waals surface area contributed by atoms with Crippen molar-refractivity contribution in [1.82, 2.24) is 4.90 Å². The normalized spacial score (nSPS) is 22.7. The molecule has 2 aromatic rings. The molecule has 2 aliphatic rings. The van der Waals surface area contributed by atoms with E-state index in [1.807, 2.05) is 60.4 Å². The topological polar surface area (TPSA) is 180 Å². The number of rotatable bonds is 12. The van der Waals surface area contributed by atoms with Crippen molar-refractivity contribution >= 4 is 17.8 Å². The van der Waals surface area contributed by atoms with Crippen LogP contribution in [0.2, 0.25) is 0 Å². The number of carboxylic acid groups (broad SMARTS) is 2. The number of hydrogen-bond donors (Lipinski definition) is 5. The largest absolute Gasteiger partial charge is 0.478 e. The molecule has 4 rings (SSSR count). The number of likely N-dealkylation sites (tertiary alicyclic amines) is 1. The number of methoxy groups -OCH3 is 1. The third-order valence-corrected chi connectivity index (χ3v) is 8.53. The van der Waals surface area contributed by atoms with E-state index in [2.05, 4.69) is 0 Å². The maximum atomic E-state index is 13.4. The fourth-order valence-electron chi connectivity index (χ4n) is 6.12. The van der Waals surface area contributed by atoms with Crippen LogP contribution in [0.25, 0.3) is 0 Å². The van der Waals surface area contributed by atoms with Crippen molar-refractivity contribution in [3.05, 3.63) is 71.8 Å². The number of nitrogens with zero attached hydrogens (tertiary/aromatic N) is 1. The number of ether oxygens (including phenoxy) is 2. The minimum atomic E-state index is -1.26. The fourth-order valence-corrected chi connectivity index (χ4v) is 6.12. The summed E-state index contributed by atoms with van der Waals surface area (Å²) in [7, 11) is 1.69. The Morgan fingerprint density at radius 2 is 1.64 bits per heavy atom. The number of amides is 1. The summed E-state index contributed by atoms with van der Waals surface area (Å²) in [5.74, 6) is -1.47. The molecule has 1 saturated carbocycles. The van der Waals surface area contributed by atoms with Crippen LogP contribution in [0.15, 0.2) is 60.7 Å². The Bertz CT molecular complexity index is 1290. The van der Waals surface area contributed by atoms with E-state index in [4.69, 9.17) is 25.4 Å². The van der Waals surface area contributed by atoms with Gasteiger partial charge in [0.25, 0.3) is 0 Å². The standard InChI is InChI=1S/C30H42N2O5.C4H4O4/c1-21-10-3-5-13-27(21)37-28-14-6-4-12-24(28)30(35,15-7-8-17-36-2)23-11-9-16-32(20-23)29(34)22-18-25(31)26(33)19-22;5-3(6)1-2-4(7)8/h3-6,10,12-14,22-23,25-26,33,35H,7-9,11,15-20,31H2,1-2H3;1-2H,(H,5,6)(H,7,8)/b;2-1+/t22-,23+,25+,26-,30-;/m0./s1. The van der Waals surface area contributed by atoms with E-state index in [1.54, 1.807) is 7.11 Å². The predicted octanol–water partition coefficient (Wildman–Crippen LogP) is 3.84. The molecule has 1 amide bonds. The third kappa shape index (κ3) is 10.1. The third-order valence-electron chi connectivity index (χ3n) is 8.53. The predicted molar refractivity (Wildman–Crippen MR) is 168 cm³/mol. The smallest absolute Gasteiger partial charge is 0.328 e. The van der Waals surface area contributed by atoms with Gasteiger partial charge in [0, 0.05) is 62.4 Å². The molecule has 1 aliphatic carbocycles. The molecular formula is C34H46N2O9. The summed E-state index contributed by atoms with van der Waals surface area (Å²) in [4.78, 5) is 34.4. The van der Waals surface area contributed by atoms with Gasteiger partial charge in [-0.2, -0.15) is 0 Å². The van der Waals surface area contributed by atoms with Gasteiger partial charge in [-0.05, 0) is 69.6 Å². The number of carboxylic acids is 2. The van der Waals surface area contributed by atoms with Gasteiger partial charge in [-0.25, -0.2) is 9.59 Å². The minimum absolute atomic E-state index is 0.0443. The Balaban J connectivity index is 0.000000610. The van der Waals surface area contributed by atoms with Crippen molar-refractivity contribution in [2.75, 3.05) is 26.8 Å². The number of carbonyl (C=O) groups is 3. The number of aryl methyl sites for hydroxylation is 1. The molecule has 2 aromatic carbocycles. The van der Waals surface area contributed by atoms with Crippen molar-refractivity contribution in [2.24, 2.45) is 17.6 Å². The van der Waals surface area contributed by atoms with Gasteiger partial charge in [-0.3, -0.25) is 4.79 Å². The monoisotopic (exact) mass is 626 g/mol. The van der Waals surface area contributed by atoms with E-state index in [0.717, 1.165) is 42.6 Å². The van der Waals surface area contributed by atoms with E-state index in [-0.39, 0.29) is 23.8 Å². The van der Waals surface area contributed by atoms with Gasteiger partial charge in [0.1, 0.15) is 11.5 Å². The summed E-state index contributed by atoms with van der Waals surface area (Å²) >= 11 is 0. The Hall–Kier alpha value is -3.77. The summed E-state index contributed by atoms with van der Waals surface area (Å²) in [6, 6.07) is 15.2. The zero-order valence-electron chi connectivity index (χ0n) is 26.0. The lowest BCUT2D eigenvalue weighted by Gasteiger charge is -2.44. The van der Waals surface area contributed by atoms with Gasteiger partial charge in [0.05, 0.1) is 11.7 Å². The maximum absolute atomic E-state index is 13.4. The van der Waals surface area contributed by atoms with Crippen LogP contribution >= 0.6 is 0 Å². The molecule has 0 spiro atoms. The summed E-state index contributed by atoms with van der Waals surface area (Å²) < 4.78 is 11.6. The molecule has 0 radical (unpaired) electrons. The van der Waals surface area contributed by atoms with Gasteiger partial charge >= 0.3 is 11.9 Å². The number of carbonyl (C=O) groups excluding carboxylic acids is 1. The number of benzene rings is 2. The second-order valence-electron chi connectivity index (χ2n) is 11.8. The van der Waals surface area contributed by atoms with Crippen molar-refractivity contribution in [3.8, 4) is 11.5 Å². The average molecular weight is 627 g/mol. The molecule has 0 aromatic heterocycles. The number of aliphatic hydroxyl groups is 2. The van der Waals surface area contributed by atoms with Crippen LogP contribution in [0.5, 0.6) is 11.5 Å². The molecule has 11 nitrogen and oxygen atoms in total. The highest BCUT2D eigenvalue weighted by atomic mass is 16.5. The van der Waals surface area contributed by atoms with Crippen molar-refractivity contribution in [1.29, 1.82) is 0 Å². The van der Waals surface area contributed by atoms with Gasteiger partial charge in [-0.1, -0.05) is 36.4 Å². The van der Waals surface area contributed by atoms with Crippen LogP contribution in [-0.4, -0.2) is 82.1 Å². The molecule has 11 heteroatoms. The van der Waals surface area contributed by atoms with Crippen LogP contribution in [0.4, 0.5) is 0 Å². The molecule has 0 bridgehead atoms. The second kappa shape index (κ2) is 17.1. The minimum Gasteiger partial charge on any atom is -0.478 e. The first-order valence-electron chi connectivity index (χ1n) is 15.4. The van der Waals surface area contributed by atoms with E-state index in [9.17, 15) is 24.6 Å². The molecule has 0 unspecified atom stereocenters. The first-order chi connectivity index (χ1) is 21.5. The Morgan fingerprint density at radius 1 is 1.00 bits per heavy atom. The molecule has 5 atom stereocenters. The van der Waals surface area contributed by atoms with Gasteiger partial charge in [-0.15, -0.1) is 0 Å². The van der Waals surface area contributed by atoms with E-state index in [1.165, 1.54) is 0 Å². The van der Waals surface area contributed by atoms with Crippen molar-refractivity contribution in [2.45, 2.75) is 69.6 Å². The van der Waals surface area contributed by atoms with Crippen LogP contribution in [-0.2, 0) is 24.7 Å². The SMILES string of the molecule is COCCCC[C@@](O)(c1ccccc1Oc1ccccc1C)[C@@H]1CCCN(C(=O)[C@H]2C[C@@H](N)[C@@H](O)C2)C1.O=C(O)/C=C/C(=O)O. The summed E-state index contributed by atoms with van der Waals surface area (Å²) in [5, 5.41) is 38.2. The van der Waals surface area contributed by atoms with E-state index >= 15 is 0 Å². The zero-order chi connectivity index (χ0) is 33.0. The number of para-hydroxylation sites is 2. The lowest BCUT2D eigenvalue weighted by molar-refractivity contribution is -0.141. The van der Waals surface area contributed by atoms with Crippen LogP contribution < -0.4 is 10.5 Å². The summed E-state index contributed by atoms with van der Waals surface area (Å²) in [6.07, 6.45) is 5.22. The van der Waals surface area contributed by atoms with Gasteiger partial charge < -0.3 is 40.5 Å². The number of nitrogens with two attached hydrogens (primary N) is 1. The highest BCUT2D eigenvalue weighted by molar-refractivity contribution is 5.89. The average Bonchev–Trinajstić information content (AvgIpc) is 3.37. The quantitative estimate of drug-likeness (QED) is 0.172. The number of aliphatic hydroxyl groups excluding tert-OH is 1. The second-order valence-corrected chi connectivity index (χ2v) is 11.8. The number of aliphatic carboxylic acids is 2. The fraction of sp³-hybridized carbons (Fsp3) is 0.500. The number of hydrogen-bond acceptors (Lipinski definition) is 8. The highest BCUT2D eigenvalue weighted by Crippen LogP contribution is 2.45. The van der Waals surface area contributed by atoms with Crippen LogP contribution in [0.1, 0.15) is 56.1 Å². The van der Waals surface area contributed by atoms with Crippen molar-refractivity contribution in [3.63, 3.8) is 0 Å². The molecular weight excluding hydrogens is 580 g/mol. The Morgan fingerprint density at radius 3 is 2.24 bits per heavy atom. The molecule has 1 saturated heterocycles. The summed E-state index contributed by atoms with van der Waals surface area (Å²) in [6.45, 7) is 3.78. The highest BCUT2D eigenvalue weighted by Gasteiger charge is 2.44. The lowest BCUT2D eigenvalue weighted by Crippen LogP contribution is -2.49. The first-order valence-corrected chi connectivity index (χ1v) is 15.4. The maximum Gasteiger partial charge on any atom is 0.328 e. The van der Waals surface area contributed by atoms with Crippen molar-refractivity contribution < 1.29 is 44.3 Å². The van der Waals surface area contributed by atoms with Gasteiger partial charge in [0.2, 0.25) is 5.91 Å². The van der Waals surface area contributed by atoms with E-state index in [0.29, 0.717) is 56.9 Å². The van der Waals surface area contributed by atoms with Crippen LogP contribution in [0, 0.1) is 18.8 Å². The summed E-state index contributed by atoms with van der Waals surface area (Å²) in [5.41, 5.74) is 6.60. The van der Waals surface area contributed by atoms with Crippen LogP contribution in [0.3, 0.4) is 0 Å². The molecule has 45 heavy (non-hydrogen) atoms. The van der Waals surface area contributed by atoms with Gasteiger partial charge in [0.15, 0.2) is 0 Å². The first kappa shape index (κ1) is 35.7. The molecule has 6 N–H and O–H groups in total. The zero-order valence-corrected chi connectivity index (χ0v) is 26.0. The number of piperidine rings is 1. The van der Waals surface area contributed by atoms with E-state index < -0.39 is 23.6 Å².